The van der Waals surface area contributed by atoms with Gasteiger partial charge in [-0.2, -0.15) is 0 Å². The first kappa shape index (κ1) is 20.3. The lowest BCUT2D eigenvalue weighted by Crippen LogP contribution is -2.25. The lowest BCUT2D eigenvalue weighted by Gasteiger charge is -2.30. The molecular formula is C24H28N2O4. The fourth-order valence-electron chi connectivity index (χ4n) is 5.28. The summed E-state index contributed by atoms with van der Waals surface area (Å²) in [5.41, 5.74) is 1.39. The summed E-state index contributed by atoms with van der Waals surface area (Å²) in [6.07, 6.45) is 6.31. The first-order valence-corrected chi connectivity index (χ1v) is 10.6. The van der Waals surface area contributed by atoms with Crippen molar-refractivity contribution >= 4 is 11.7 Å². The van der Waals surface area contributed by atoms with E-state index in [-0.39, 0.29) is 0 Å². The van der Waals surface area contributed by atoms with Crippen molar-refractivity contribution in [3.8, 4) is 17.0 Å². The van der Waals surface area contributed by atoms with Gasteiger partial charge in [-0.1, -0.05) is 31.6 Å². The van der Waals surface area contributed by atoms with E-state index in [0.717, 1.165) is 24.3 Å². The highest BCUT2D eigenvalue weighted by Gasteiger charge is 2.39. The number of aromatic nitrogens is 1. The quantitative estimate of drug-likeness (QED) is 0.649. The number of rotatable bonds is 5. The largest absolute Gasteiger partial charge is 0.506 e. The van der Waals surface area contributed by atoms with Crippen molar-refractivity contribution in [3.63, 3.8) is 0 Å². The molecule has 2 heterocycles. The second-order valence-corrected chi connectivity index (χ2v) is 8.40. The van der Waals surface area contributed by atoms with Crippen molar-refractivity contribution in [1.82, 2.24) is 4.98 Å². The topological polar surface area (TPSA) is 93.6 Å². The molecule has 1 saturated heterocycles. The Kier molecular flexibility index (Phi) is 5.41. The van der Waals surface area contributed by atoms with E-state index < -0.39 is 22.8 Å². The van der Waals surface area contributed by atoms with Crippen LogP contribution in [-0.4, -0.2) is 34.3 Å². The van der Waals surface area contributed by atoms with Crippen LogP contribution in [0.4, 0.5) is 5.69 Å². The molecule has 1 aromatic heterocycles. The number of aromatic carboxylic acids is 1. The lowest BCUT2D eigenvalue weighted by atomic mass is 9.74. The molecule has 1 aliphatic heterocycles. The van der Waals surface area contributed by atoms with E-state index in [2.05, 4.69) is 22.5 Å². The maximum atomic E-state index is 12.2. The Hall–Kier alpha value is -3.02. The lowest BCUT2D eigenvalue weighted by molar-refractivity contribution is 0.0691. The van der Waals surface area contributed by atoms with Gasteiger partial charge in [0.2, 0.25) is 0 Å². The van der Waals surface area contributed by atoms with Crippen LogP contribution in [0.25, 0.3) is 11.3 Å². The van der Waals surface area contributed by atoms with Crippen LogP contribution in [0.5, 0.6) is 5.75 Å². The number of nitrogens with one attached hydrogen (secondary N) is 1. The number of fused-ring (bicyclic) bond motifs is 1. The third kappa shape index (κ3) is 3.40. The Labute approximate surface area is 175 Å². The number of carboxylic acids is 1. The fourth-order valence-corrected chi connectivity index (χ4v) is 5.28. The second-order valence-electron chi connectivity index (χ2n) is 8.40. The number of carbonyl (C=O) groups is 1. The Morgan fingerprint density at radius 3 is 2.63 bits per heavy atom. The average Bonchev–Trinajstić information content (AvgIpc) is 3.17. The van der Waals surface area contributed by atoms with E-state index in [1.165, 1.54) is 19.3 Å². The minimum atomic E-state index is -1.43. The van der Waals surface area contributed by atoms with Crippen molar-refractivity contribution < 1.29 is 15.0 Å². The Bertz CT molecular complexity index is 1020. The summed E-state index contributed by atoms with van der Waals surface area (Å²) < 4.78 is 0. The number of benzene rings is 1. The maximum Gasteiger partial charge on any atom is 0.345 e. The molecule has 1 aliphatic carbocycles. The van der Waals surface area contributed by atoms with Crippen LogP contribution in [0.3, 0.4) is 0 Å². The summed E-state index contributed by atoms with van der Waals surface area (Å²) in [5.74, 6) is 0.0935. The molecule has 3 atom stereocenters. The highest BCUT2D eigenvalue weighted by atomic mass is 16.4. The SMILES string of the molecule is C=C[C@H]1CCC[C@@H]2CN(c3ccc(-c4[nH]c(=O)c(C(=O)O)c(O)c4CC)cc3)CC21. The van der Waals surface area contributed by atoms with Gasteiger partial charge >= 0.3 is 5.97 Å². The first-order valence-electron chi connectivity index (χ1n) is 10.6. The van der Waals surface area contributed by atoms with E-state index in [1.807, 2.05) is 31.2 Å². The molecule has 0 radical (unpaired) electrons. The highest BCUT2D eigenvalue weighted by molar-refractivity contribution is 5.92. The Balaban J connectivity index is 1.63. The van der Waals surface area contributed by atoms with Gasteiger partial charge in [0.15, 0.2) is 5.56 Å². The van der Waals surface area contributed by atoms with E-state index >= 15 is 0 Å². The third-order valence-corrected chi connectivity index (χ3v) is 6.84. The second kappa shape index (κ2) is 8.01. The van der Waals surface area contributed by atoms with Gasteiger partial charge in [0.05, 0.1) is 5.69 Å². The number of hydrogen-bond acceptors (Lipinski definition) is 4. The number of carboxylic acid groups (broad SMARTS) is 1. The van der Waals surface area contributed by atoms with Gasteiger partial charge < -0.3 is 20.1 Å². The fraction of sp³-hybridized carbons (Fsp3) is 0.417. The highest BCUT2D eigenvalue weighted by Crippen LogP contribution is 2.42. The minimum Gasteiger partial charge on any atom is -0.506 e. The molecule has 1 unspecified atom stereocenters. The van der Waals surface area contributed by atoms with Crippen molar-refractivity contribution in [3.05, 3.63) is 58.4 Å². The number of nitrogens with zero attached hydrogens (tertiary/aromatic N) is 1. The molecule has 1 aromatic carbocycles. The van der Waals surface area contributed by atoms with E-state index in [0.29, 0.717) is 35.4 Å². The van der Waals surface area contributed by atoms with Gasteiger partial charge in [-0.25, -0.2) is 4.79 Å². The number of allylic oxidation sites excluding steroid dienone is 1. The molecule has 2 aromatic rings. The number of H-pyrrole nitrogens is 1. The van der Waals surface area contributed by atoms with Crippen LogP contribution >= 0.6 is 0 Å². The summed E-state index contributed by atoms with van der Waals surface area (Å²) in [6.45, 7) is 7.94. The Morgan fingerprint density at radius 2 is 2.00 bits per heavy atom. The number of pyridine rings is 1. The van der Waals surface area contributed by atoms with Crippen LogP contribution in [0.2, 0.25) is 0 Å². The van der Waals surface area contributed by atoms with E-state index in [1.54, 1.807) is 0 Å². The van der Waals surface area contributed by atoms with Crippen molar-refractivity contribution in [2.75, 3.05) is 18.0 Å². The predicted octanol–water partition coefficient (Wildman–Crippen LogP) is 4.05. The number of hydrogen-bond donors (Lipinski definition) is 3. The van der Waals surface area contributed by atoms with Gasteiger partial charge in [0.1, 0.15) is 5.75 Å². The number of aromatic hydroxyl groups is 1. The van der Waals surface area contributed by atoms with Gasteiger partial charge in [0.25, 0.3) is 5.56 Å². The van der Waals surface area contributed by atoms with Gasteiger partial charge in [-0.3, -0.25) is 4.79 Å². The summed E-state index contributed by atoms with van der Waals surface area (Å²) in [6, 6.07) is 7.92. The summed E-state index contributed by atoms with van der Waals surface area (Å²) >= 11 is 0. The molecule has 6 nitrogen and oxygen atoms in total. The summed E-state index contributed by atoms with van der Waals surface area (Å²) in [4.78, 5) is 28.6. The molecular weight excluding hydrogens is 380 g/mol. The van der Waals surface area contributed by atoms with Gasteiger partial charge in [0, 0.05) is 24.3 Å². The van der Waals surface area contributed by atoms with Crippen LogP contribution < -0.4 is 10.5 Å². The summed E-state index contributed by atoms with van der Waals surface area (Å²) in [7, 11) is 0. The third-order valence-electron chi connectivity index (χ3n) is 6.84. The number of aromatic amines is 1. The zero-order valence-electron chi connectivity index (χ0n) is 17.2. The standard InChI is InChI=1S/C24H28N2O4/c1-3-14-6-5-7-16-12-26(13-19(14)16)17-10-8-15(9-11-17)21-18(4-2)22(27)20(24(29)30)23(28)25-21/h3,8-11,14,16,19H,1,4-7,12-13H2,2H3,(H,29,30)(H2,25,27,28)/t14-,16+,19?/m0/s1. The molecule has 4 rings (SSSR count). The molecule has 2 aliphatic rings. The molecule has 0 bridgehead atoms. The molecule has 3 N–H and O–H groups in total. The molecule has 1 saturated carbocycles. The smallest absolute Gasteiger partial charge is 0.345 e. The minimum absolute atomic E-state index is 0.401. The average molecular weight is 408 g/mol. The van der Waals surface area contributed by atoms with E-state index in [9.17, 15) is 19.8 Å². The maximum absolute atomic E-state index is 12.2. The predicted molar refractivity (Wildman–Crippen MR) is 117 cm³/mol. The molecule has 30 heavy (non-hydrogen) atoms. The van der Waals surface area contributed by atoms with Crippen molar-refractivity contribution in [1.29, 1.82) is 0 Å². The van der Waals surface area contributed by atoms with Crippen molar-refractivity contribution in [2.24, 2.45) is 17.8 Å². The van der Waals surface area contributed by atoms with Gasteiger partial charge in [-0.05, 0) is 54.7 Å². The van der Waals surface area contributed by atoms with Gasteiger partial charge in [-0.15, -0.1) is 6.58 Å². The molecule has 158 valence electrons. The number of anilines is 1. The van der Waals surface area contributed by atoms with Crippen LogP contribution in [0.15, 0.2) is 41.7 Å². The van der Waals surface area contributed by atoms with Crippen LogP contribution in [0.1, 0.15) is 42.1 Å². The zero-order chi connectivity index (χ0) is 21.4. The first-order chi connectivity index (χ1) is 14.4. The molecule has 2 fully saturated rings. The normalized spacial score (nSPS) is 23.2. The molecule has 0 spiro atoms. The summed E-state index contributed by atoms with van der Waals surface area (Å²) in [5, 5.41) is 19.6. The van der Waals surface area contributed by atoms with Crippen LogP contribution in [-0.2, 0) is 6.42 Å². The van der Waals surface area contributed by atoms with Crippen LogP contribution in [0, 0.1) is 17.8 Å². The Morgan fingerprint density at radius 1 is 1.27 bits per heavy atom. The van der Waals surface area contributed by atoms with Crippen molar-refractivity contribution in [2.45, 2.75) is 32.6 Å². The zero-order valence-corrected chi connectivity index (χ0v) is 17.2. The van der Waals surface area contributed by atoms with E-state index in [4.69, 9.17) is 0 Å². The molecule has 0 amide bonds. The molecule has 6 heteroatoms. The monoisotopic (exact) mass is 408 g/mol.